The molecule has 5 nitrogen and oxygen atoms in total. The van der Waals surface area contributed by atoms with Crippen LogP contribution in [0, 0.1) is 17.5 Å². The lowest BCUT2D eigenvalue weighted by Gasteiger charge is -2.08. The number of benzene rings is 2. The van der Waals surface area contributed by atoms with E-state index in [0.717, 1.165) is 24.3 Å². The Morgan fingerprint density at radius 3 is 2.38 bits per heavy atom. The molecular weight excluding hydrogens is 327 g/mol. The van der Waals surface area contributed by atoms with Gasteiger partial charge in [-0.1, -0.05) is 12.1 Å². The minimum atomic E-state index is -1.12. The maximum absolute atomic E-state index is 13.3. The Bertz CT molecular complexity index is 752. The number of hydrogen-bond acceptors (Lipinski definition) is 4. The zero-order valence-corrected chi connectivity index (χ0v) is 12.2. The molecule has 0 radical (unpaired) electrons. The van der Waals surface area contributed by atoms with Gasteiger partial charge in [0.05, 0.1) is 0 Å². The first-order valence-corrected chi connectivity index (χ1v) is 6.73. The van der Waals surface area contributed by atoms with Crippen molar-refractivity contribution in [3.8, 4) is 5.75 Å². The first-order valence-electron chi connectivity index (χ1n) is 6.73. The molecule has 0 saturated heterocycles. The molecule has 0 aliphatic carbocycles. The molecule has 2 aromatic rings. The monoisotopic (exact) mass is 339 g/mol. The number of carbonyl (C=O) groups excluding carboxylic acids is 2. The smallest absolute Gasteiger partial charge is 0.344 e. The van der Waals surface area contributed by atoms with Gasteiger partial charge in [-0.2, -0.15) is 0 Å². The number of ether oxygens (including phenoxy) is 2. The average Bonchev–Trinajstić information content (AvgIpc) is 2.55. The summed E-state index contributed by atoms with van der Waals surface area (Å²) in [5.74, 6) is -4.58. The van der Waals surface area contributed by atoms with Crippen molar-refractivity contribution in [3.05, 3.63) is 59.9 Å². The Labute approximate surface area is 135 Å². The topological polar surface area (TPSA) is 64.6 Å². The number of anilines is 1. The first-order chi connectivity index (χ1) is 11.5. The summed E-state index contributed by atoms with van der Waals surface area (Å²) in [5, 5.41) is 2.22. The van der Waals surface area contributed by atoms with Crippen LogP contribution in [-0.4, -0.2) is 25.1 Å². The molecule has 126 valence electrons. The number of rotatable bonds is 6. The van der Waals surface area contributed by atoms with Gasteiger partial charge in [-0.05, 0) is 24.3 Å². The maximum Gasteiger partial charge on any atom is 0.344 e. The van der Waals surface area contributed by atoms with Gasteiger partial charge in [0.1, 0.15) is 0 Å². The van der Waals surface area contributed by atoms with Crippen molar-refractivity contribution in [1.82, 2.24) is 0 Å². The van der Waals surface area contributed by atoms with E-state index in [4.69, 9.17) is 4.74 Å². The highest BCUT2D eigenvalue weighted by Gasteiger charge is 2.11. The Balaban J connectivity index is 1.76. The number of nitrogens with one attached hydrogen (secondary N) is 1. The second-order valence-corrected chi connectivity index (χ2v) is 4.56. The van der Waals surface area contributed by atoms with Crippen molar-refractivity contribution in [2.45, 2.75) is 0 Å². The van der Waals surface area contributed by atoms with Crippen LogP contribution in [0.25, 0.3) is 0 Å². The summed E-state index contributed by atoms with van der Waals surface area (Å²) in [7, 11) is 0. The molecule has 0 bridgehead atoms. The normalized spacial score (nSPS) is 10.1. The summed E-state index contributed by atoms with van der Waals surface area (Å²) in [6, 6.07) is 8.27. The Kier molecular flexibility index (Phi) is 5.78. The van der Waals surface area contributed by atoms with Crippen molar-refractivity contribution in [3.63, 3.8) is 0 Å². The molecule has 0 unspecified atom stereocenters. The lowest BCUT2D eigenvalue weighted by molar-refractivity contribution is -0.149. The summed E-state index contributed by atoms with van der Waals surface area (Å²) in [5.41, 5.74) is 0.0116. The molecule has 0 aliphatic rings. The molecule has 1 amide bonds. The highest BCUT2D eigenvalue weighted by atomic mass is 19.2. The van der Waals surface area contributed by atoms with E-state index in [1.165, 1.54) is 18.2 Å². The molecule has 0 spiro atoms. The molecule has 2 aromatic carbocycles. The van der Waals surface area contributed by atoms with Crippen molar-refractivity contribution in [2.75, 3.05) is 18.5 Å². The van der Waals surface area contributed by atoms with Gasteiger partial charge < -0.3 is 14.8 Å². The summed E-state index contributed by atoms with van der Waals surface area (Å²) in [4.78, 5) is 23.0. The Morgan fingerprint density at radius 2 is 1.67 bits per heavy atom. The molecule has 8 heteroatoms. The van der Waals surface area contributed by atoms with Gasteiger partial charge >= 0.3 is 5.97 Å². The van der Waals surface area contributed by atoms with Crippen LogP contribution in [0.1, 0.15) is 0 Å². The molecule has 2 rings (SSSR count). The van der Waals surface area contributed by atoms with Gasteiger partial charge in [-0.25, -0.2) is 18.0 Å². The van der Waals surface area contributed by atoms with Crippen LogP contribution in [0.4, 0.5) is 18.9 Å². The lowest BCUT2D eigenvalue weighted by Crippen LogP contribution is -2.23. The van der Waals surface area contributed by atoms with Crippen LogP contribution >= 0.6 is 0 Å². The second kappa shape index (κ2) is 8.00. The van der Waals surface area contributed by atoms with Gasteiger partial charge in [0.15, 0.2) is 36.4 Å². The maximum atomic E-state index is 13.3. The lowest BCUT2D eigenvalue weighted by atomic mass is 10.3. The number of carbonyl (C=O) groups is 2. The molecule has 0 saturated carbocycles. The van der Waals surface area contributed by atoms with Crippen LogP contribution in [0.5, 0.6) is 5.75 Å². The Hall–Kier alpha value is -3.03. The third-order valence-corrected chi connectivity index (χ3v) is 2.75. The van der Waals surface area contributed by atoms with Gasteiger partial charge in [-0.3, -0.25) is 4.79 Å². The highest BCUT2D eigenvalue weighted by molar-refractivity contribution is 5.92. The van der Waals surface area contributed by atoms with E-state index in [1.54, 1.807) is 0 Å². The van der Waals surface area contributed by atoms with E-state index in [2.05, 4.69) is 10.1 Å². The summed E-state index contributed by atoms with van der Waals surface area (Å²) < 4.78 is 48.5. The fourth-order valence-corrected chi connectivity index (χ4v) is 1.66. The minimum absolute atomic E-state index is 0.0116. The SMILES string of the molecule is O=C(COC(=O)COc1ccccc1F)Nc1ccc(F)c(F)c1. The van der Waals surface area contributed by atoms with Crippen molar-refractivity contribution >= 4 is 17.6 Å². The fraction of sp³-hybridized carbons (Fsp3) is 0.125. The van der Waals surface area contributed by atoms with E-state index >= 15 is 0 Å². The first kappa shape index (κ1) is 17.3. The molecule has 0 fully saturated rings. The molecule has 1 N–H and O–H groups in total. The van der Waals surface area contributed by atoms with E-state index in [1.807, 2.05) is 0 Å². The summed E-state index contributed by atoms with van der Waals surface area (Å²) in [6.45, 7) is -1.24. The zero-order valence-electron chi connectivity index (χ0n) is 12.2. The number of hydrogen-bond donors (Lipinski definition) is 1. The summed E-state index contributed by atoms with van der Waals surface area (Å²) in [6.07, 6.45) is 0. The van der Waals surface area contributed by atoms with Crippen LogP contribution < -0.4 is 10.1 Å². The molecule has 0 aromatic heterocycles. The van der Waals surface area contributed by atoms with Crippen LogP contribution in [0.2, 0.25) is 0 Å². The molecular formula is C16H12F3NO4. The second-order valence-electron chi connectivity index (χ2n) is 4.56. The van der Waals surface area contributed by atoms with E-state index in [0.29, 0.717) is 0 Å². The van der Waals surface area contributed by atoms with Crippen LogP contribution in [0.15, 0.2) is 42.5 Å². The van der Waals surface area contributed by atoms with E-state index < -0.39 is 42.5 Å². The average molecular weight is 339 g/mol. The quantitative estimate of drug-likeness (QED) is 0.822. The van der Waals surface area contributed by atoms with Gasteiger partial charge in [0, 0.05) is 11.8 Å². The van der Waals surface area contributed by atoms with E-state index in [-0.39, 0.29) is 11.4 Å². The molecule has 0 aliphatic heterocycles. The zero-order chi connectivity index (χ0) is 17.5. The predicted octanol–water partition coefficient (Wildman–Crippen LogP) is 2.66. The third kappa shape index (κ3) is 5.01. The number of esters is 1. The van der Waals surface area contributed by atoms with Gasteiger partial charge in [0.2, 0.25) is 0 Å². The van der Waals surface area contributed by atoms with E-state index in [9.17, 15) is 22.8 Å². The molecule has 24 heavy (non-hydrogen) atoms. The van der Waals surface area contributed by atoms with Crippen molar-refractivity contribution in [1.29, 1.82) is 0 Å². The van der Waals surface area contributed by atoms with Crippen LogP contribution in [-0.2, 0) is 14.3 Å². The molecule has 0 atom stereocenters. The predicted molar refractivity (Wildman–Crippen MR) is 77.8 cm³/mol. The van der Waals surface area contributed by atoms with Gasteiger partial charge in [0.25, 0.3) is 5.91 Å². The third-order valence-electron chi connectivity index (χ3n) is 2.75. The van der Waals surface area contributed by atoms with Crippen molar-refractivity contribution < 1.29 is 32.2 Å². The van der Waals surface area contributed by atoms with Crippen molar-refractivity contribution in [2.24, 2.45) is 0 Å². The standard InChI is InChI=1S/C16H12F3NO4/c17-11-6-5-10(7-13(11)19)20-15(21)8-24-16(22)9-23-14-4-2-1-3-12(14)18/h1-7H,8-9H2,(H,20,21). The number of para-hydroxylation sites is 1. The minimum Gasteiger partial charge on any atom is -0.479 e. The largest absolute Gasteiger partial charge is 0.479 e. The van der Waals surface area contributed by atoms with Gasteiger partial charge in [-0.15, -0.1) is 0 Å². The molecule has 0 heterocycles. The number of amides is 1. The van der Waals surface area contributed by atoms with Crippen LogP contribution in [0.3, 0.4) is 0 Å². The summed E-state index contributed by atoms with van der Waals surface area (Å²) >= 11 is 0. The Morgan fingerprint density at radius 1 is 0.917 bits per heavy atom. The highest BCUT2D eigenvalue weighted by Crippen LogP contribution is 2.15. The fourth-order valence-electron chi connectivity index (χ4n) is 1.66. The number of halogens is 3.